The lowest BCUT2D eigenvalue weighted by molar-refractivity contribution is 0.881. The highest BCUT2D eigenvalue weighted by Gasteiger charge is 2.04. The van der Waals surface area contributed by atoms with Crippen molar-refractivity contribution in [1.82, 2.24) is 14.4 Å². The molecule has 0 fully saturated rings. The second-order valence-corrected chi connectivity index (χ2v) is 6.50. The van der Waals surface area contributed by atoms with Crippen molar-refractivity contribution in [3.63, 3.8) is 0 Å². The fourth-order valence-corrected chi connectivity index (χ4v) is 1.17. The van der Waals surface area contributed by atoms with Gasteiger partial charge in [0.2, 0.25) is 0 Å². The fourth-order valence-electron chi connectivity index (χ4n) is 0.489. The van der Waals surface area contributed by atoms with Crippen LogP contribution in [0, 0.1) is 0 Å². The number of hydrogen-bond acceptors (Lipinski definition) is 2. The smallest absolute Gasteiger partial charge is 0.0703 e. The van der Waals surface area contributed by atoms with E-state index in [2.05, 4.69) is 29.1 Å². The van der Waals surface area contributed by atoms with Gasteiger partial charge >= 0.3 is 0 Å². The summed E-state index contributed by atoms with van der Waals surface area (Å²) in [7, 11) is -0.716. The third kappa shape index (κ3) is 1.45. The lowest BCUT2D eigenvalue weighted by Gasteiger charge is -2.24. The molecule has 0 aliphatic heterocycles. The van der Waals surface area contributed by atoms with Crippen molar-refractivity contribution >= 4 is 10.2 Å². The zero-order valence-electron chi connectivity index (χ0n) is 5.90. The first-order valence-corrected chi connectivity index (χ1v) is 5.47. The normalized spacial score (nSPS) is 13.7. The van der Waals surface area contributed by atoms with E-state index in [1.54, 1.807) is 6.20 Å². The zero-order chi connectivity index (χ0) is 6.91. The Labute approximate surface area is 56.5 Å². The minimum Gasteiger partial charge on any atom is -0.214 e. The van der Waals surface area contributed by atoms with Crippen LogP contribution in [-0.2, 0) is 0 Å². The molecule has 0 bridgehead atoms. The van der Waals surface area contributed by atoms with Crippen molar-refractivity contribution < 1.29 is 0 Å². The molecule has 3 nitrogen and oxygen atoms in total. The monoisotopic (exact) mass is 145 g/mol. The molecule has 0 aromatic carbocycles. The van der Waals surface area contributed by atoms with E-state index in [1.165, 1.54) is 0 Å². The molecule has 9 heavy (non-hydrogen) atoms. The first-order valence-electron chi connectivity index (χ1n) is 2.66. The SMILES string of the molecule is CS(C)(C)n1ccnn1. The van der Waals surface area contributed by atoms with E-state index >= 15 is 0 Å². The highest BCUT2D eigenvalue weighted by molar-refractivity contribution is 8.30. The van der Waals surface area contributed by atoms with Crippen LogP contribution in [0.5, 0.6) is 0 Å². The summed E-state index contributed by atoms with van der Waals surface area (Å²) in [4.78, 5) is 0. The van der Waals surface area contributed by atoms with Crippen LogP contribution in [-0.4, -0.2) is 33.2 Å². The van der Waals surface area contributed by atoms with Crippen LogP contribution < -0.4 is 0 Å². The molecular weight excluding hydrogens is 134 g/mol. The Kier molecular flexibility index (Phi) is 1.48. The largest absolute Gasteiger partial charge is 0.214 e. The second-order valence-electron chi connectivity index (χ2n) is 2.58. The molecule has 1 rings (SSSR count). The van der Waals surface area contributed by atoms with Crippen LogP contribution in [0.15, 0.2) is 12.4 Å². The van der Waals surface area contributed by atoms with Crippen LogP contribution in [0.1, 0.15) is 0 Å². The summed E-state index contributed by atoms with van der Waals surface area (Å²) in [6, 6.07) is 0. The quantitative estimate of drug-likeness (QED) is 0.583. The van der Waals surface area contributed by atoms with Crippen molar-refractivity contribution in [3.05, 3.63) is 12.4 Å². The number of rotatable bonds is 1. The van der Waals surface area contributed by atoms with Gasteiger partial charge in [0.15, 0.2) is 0 Å². The fraction of sp³-hybridized carbons (Fsp3) is 0.600. The zero-order valence-corrected chi connectivity index (χ0v) is 6.72. The van der Waals surface area contributed by atoms with E-state index in [0.717, 1.165) is 0 Å². The average molecular weight is 145 g/mol. The van der Waals surface area contributed by atoms with Gasteiger partial charge in [0, 0.05) is 0 Å². The molecule has 0 unspecified atom stereocenters. The van der Waals surface area contributed by atoms with Gasteiger partial charge in [0.05, 0.1) is 12.4 Å². The predicted octanol–water partition coefficient (Wildman–Crippen LogP) is 0.735. The lowest BCUT2D eigenvalue weighted by Crippen LogP contribution is -2.05. The molecule has 0 saturated carbocycles. The molecule has 4 heteroatoms. The van der Waals surface area contributed by atoms with E-state index in [0.29, 0.717) is 0 Å². The number of aromatic nitrogens is 3. The molecule has 0 aliphatic carbocycles. The second kappa shape index (κ2) is 2.02. The topological polar surface area (TPSA) is 30.7 Å². The van der Waals surface area contributed by atoms with Gasteiger partial charge in [-0.1, -0.05) is 5.21 Å². The summed E-state index contributed by atoms with van der Waals surface area (Å²) >= 11 is 0. The van der Waals surface area contributed by atoms with Gasteiger partial charge in [0.25, 0.3) is 0 Å². The molecule has 0 atom stereocenters. The van der Waals surface area contributed by atoms with Crippen molar-refractivity contribution in [2.75, 3.05) is 18.8 Å². The van der Waals surface area contributed by atoms with Crippen LogP contribution >= 0.6 is 10.2 Å². The van der Waals surface area contributed by atoms with Gasteiger partial charge in [0.1, 0.15) is 0 Å². The van der Waals surface area contributed by atoms with Crippen LogP contribution in [0.4, 0.5) is 0 Å². The molecule has 1 aromatic rings. The first kappa shape index (κ1) is 6.61. The predicted molar refractivity (Wildman–Crippen MR) is 40.8 cm³/mol. The Balaban J connectivity index is 2.90. The van der Waals surface area contributed by atoms with Crippen molar-refractivity contribution in [2.24, 2.45) is 0 Å². The van der Waals surface area contributed by atoms with Crippen LogP contribution in [0.2, 0.25) is 0 Å². The van der Waals surface area contributed by atoms with Gasteiger partial charge in [-0.05, 0) is 18.8 Å². The summed E-state index contributed by atoms with van der Waals surface area (Å²) in [6.07, 6.45) is 10.1. The van der Waals surface area contributed by atoms with E-state index in [4.69, 9.17) is 0 Å². The van der Waals surface area contributed by atoms with E-state index in [-0.39, 0.29) is 0 Å². The van der Waals surface area contributed by atoms with Crippen LogP contribution in [0.3, 0.4) is 0 Å². The maximum absolute atomic E-state index is 3.89. The van der Waals surface area contributed by atoms with E-state index in [9.17, 15) is 0 Å². The minimum atomic E-state index is -0.716. The highest BCUT2D eigenvalue weighted by atomic mass is 32.3. The maximum Gasteiger partial charge on any atom is 0.0703 e. The van der Waals surface area contributed by atoms with Gasteiger partial charge < -0.3 is 0 Å². The molecule has 0 aliphatic rings. The van der Waals surface area contributed by atoms with Gasteiger partial charge in [-0.15, -0.1) is 5.10 Å². The van der Waals surface area contributed by atoms with Gasteiger partial charge in [-0.25, -0.2) is 4.09 Å². The Morgan fingerprint density at radius 1 is 1.33 bits per heavy atom. The molecule has 52 valence electrons. The minimum absolute atomic E-state index is 0.716. The molecule has 0 amide bonds. The van der Waals surface area contributed by atoms with Crippen molar-refractivity contribution in [3.8, 4) is 0 Å². The maximum atomic E-state index is 3.89. The third-order valence-electron chi connectivity index (χ3n) is 0.962. The van der Waals surface area contributed by atoms with E-state index in [1.807, 2.05) is 10.3 Å². The van der Waals surface area contributed by atoms with Crippen molar-refractivity contribution in [2.45, 2.75) is 0 Å². The summed E-state index contributed by atoms with van der Waals surface area (Å²) in [5, 5.41) is 7.61. The summed E-state index contributed by atoms with van der Waals surface area (Å²) in [6.45, 7) is 0. The molecule has 1 heterocycles. The summed E-state index contributed by atoms with van der Waals surface area (Å²) < 4.78 is 1.91. The molecule has 0 saturated heterocycles. The molecular formula is C5H11N3S. The van der Waals surface area contributed by atoms with Crippen molar-refractivity contribution in [1.29, 1.82) is 0 Å². The number of hydrogen-bond donors (Lipinski definition) is 0. The Morgan fingerprint density at radius 2 is 2.00 bits per heavy atom. The number of nitrogens with zero attached hydrogens (tertiary/aromatic N) is 3. The summed E-state index contributed by atoms with van der Waals surface area (Å²) in [5.41, 5.74) is 0. The Morgan fingerprint density at radius 3 is 2.22 bits per heavy atom. The van der Waals surface area contributed by atoms with Gasteiger partial charge in [-0.3, -0.25) is 0 Å². The standard InChI is InChI=1S/C5H11N3S/c1-9(2,3)8-5-4-6-7-8/h4-5H,1-3H3. The Bertz CT molecular complexity index is 175. The first-order chi connectivity index (χ1) is 4.11. The summed E-state index contributed by atoms with van der Waals surface area (Å²) in [5.74, 6) is 0. The van der Waals surface area contributed by atoms with Gasteiger partial charge in [-0.2, -0.15) is 10.2 Å². The third-order valence-corrected chi connectivity index (χ3v) is 2.28. The van der Waals surface area contributed by atoms with Crippen LogP contribution in [0.25, 0.3) is 0 Å². The van der Waals surface area contributed by atoms with E-state index < -0.39 is 10.2 Å². The molecule has 0 radical (unpaired) electrons. The average Bonchev–Trinajstić information content (AvgIpc) is 2.08. The lowest BCUT2D eigenvalue weighted by atomic mass is 11.0. The molecule has 0 N–H and O–H groups in total. The molecule has 1 aromatic heterocycles. The Hall–Kier alpha value is -0.510. The molecule has 0 spiro atoms. The highest BCUT2D eigenvalue weighted by Crippen LogP contribution is 2.34.